The Balaban J connectivity index is 2.03. The normalized spacial score (nSPS) is 25.5. The summed E-state index contributed by atoms with van der Waals surface area (Å²) < 4.78 is 5.25. The molecule has 3 rings (SSSR count). The number of carbonyl (C=O) groups is 2. The van der Waals surface area contributed by atoms with Gasteiger partial charge in [-0.2, -0.15) is 0 Å². The van der Waals surface area contributed by atoms with Crippen molar-refractivity contribution in [2.75, 3.05) is 6.61 Å². The average Bonchev–Trinajstić information content (AvgIpc) is 2.56. The Bertz CT molecular complexity index is 663. The maximum atomic E-state index is 12.5. The summed E-state index contributed by atoms with van der Waals surface area (Å²) in [6.07, 6.45) is 0. The van der Waals surface area contributed by atoms with Crippen LogP contribution in [-0.2, 0) is 14.3 Å². The lowest BCUT2D eigenvalue weighted by molar-refractivity contribution is -0.163. The van der Waals surface area contributed by atoms with Gasteiger partial charge in [0, 0.05) is 11.8 Å². The van der Waals surface area contributed by atoms with Crippen LogP contribution in [-0.4, -0.2) is 23.7 Å². The van der Waals surface area contributed by atoms with E-state index in [1.54, 1.807) is 6.92 Å². The molecule has 2 aromatic carbocycles. The molecule has 1 N–H and O–H groups in total. The summed E-state index contributed by atoms with van der Waals surface area (Å²) in [5.41, 5.74) is 1.74. The fourth-order valence-electron chi connectivity index (χ4n) is 3.77. The Labute approximate surface area is 141 Å². The van der Waals surface area contributed by atoms with Crippen molar-refractivity contribution in [3.63, 3.8) is 0 Å². The molecule has 1 aliphatic rings. The van der Waals surface area contributed by atoms with Gasteiger partial charge in [0.1, 0.15) is 0 Å². The second kappa shape index (κ2) is 6.87. The van der Waals surface area contributed by atoms with Gasteiger partial charge in [-0.3, -0.25) is 9.59 Å². The van der Waals surface area contributed by atoms with Crippen LogP contribution in [0.5, 0.6) is 0 Å². The lowest BCUT2D eigenvalue weighted by Gasteiger charge is -2.49. The van der Waals surface area contributed by atoms with Crippen LogP contribution < -0.4 is 0 Å². The fourth-order valence-corrected chi connectivity index (χ4v) is 3.77. The molecule has 0 unspecified atom stereocenters. The summed E-state index contributed by atoms with van der Waals surface area (Å²) in [6.45, 7) is 2.05. The first-order valence-electron chi connectivity index (χ1n) is 8.14. The molecule has 1 aliphatic carbocycles. The molecule has 124 valence electrons. The zero-order valence-electron chi connectivity index (χ0n) is 13.5. The molecule has 0 spiro atoms. The number of ether oxygens (including phenoxy) is 1. The van der Waals surface area contributed by atoms with Crippen LogP contribution in [0.3, 0.4) is 0 Å². The van der Waals surface area contributed by atoms with Crippen molar-refractivity contribution < 1.29 is 19.4 Å². The molecule has 1 fully saturated rings. The summed E-state index contributed by atoms with van der Waals surface area (Å²) >= 11 is 0. The van der Waals surface area contributed by atoms with Gasteiger partial charge in [-0.05, 0) is 18.1 Å². The highest BCUT2D eigenvalue weighted by Crippen LogP contribution is 2.57. The molecule has 1 saturated carbocycles. The van der Waals surface area contributed by atoms with Crippen molar-refractivity contribution in [3.05, 3.63) is 71.8 Å². The van der Waals surface area contributed by atoms with E-state index in [4.69, 9.17) is 4.74 Å². The SMILES string of the molecule is CCOC(=O)C1[C@H](c2ccccc2)C(C(=O)O)[C@H]1c1ccccc1. The fraction of sp³-hybridized carbons (Fsp3) is 0.300. The average molecular weight is 324 g/mol. The number of carbonyl (C=O) groups excluding carboxylic acids is 1. The number of esters is 1. The van der Waals surface area contributed by atoms with Crippen LogP contribution in [0.2, 0.25) is 0 Å². The van der Waals surface area contributed by atoms with Gasteiger partial charge < -0.3 is 9.84 Å². The van der Waals surface area contributed by atoms with Gasteiger partial charge >= 0.3 is 11.9 Å². The van der Waals surface area contributed by atoms with Gasteiger partial charge in [0.2, 0.25) is 0 Å². The first kappa shape index (κ1) is 16.2. The monoisotopic (exact) mass is 324 g/mol. The highest BCUT2D eigenvalue weighted by molar-refractivity contribution is 5.84. The van der Waals surface area contributed by atoms with Crippen LogP contribution in [0.1, 0.15) is 29.9 Å². The molecular weight excluding hydrogens is 304 g/mol. The van der Waals surface area contributed by atoms with E-state index in [9.17, 15) is 14.7 Å². The van der Waals surface area contributed by atoms with E-state index >= 15 is 0 Å². The molecular formula is C20H20O4. The third-order valence-corrected chi connectivity index (χ3v) is 4.76. The van der Waals surface area contributed by atoms with Gasteiger partial charge in [0.05, 0.1) is 18.4 Å². The van der Waals surface area contributed by atoms with Crippen molar-refractivity contribution in [2.24, 2.45) is 11.8 Å². The van der Waals surface area contributed by atoms with Crippen LogP contribution in [0.15, 0.2) is 60.7 Å². The predicted molar refractivity (Wildman–Crippen MR) is 89.6 cm³/mol. The highest BCUT2D eigenvalue weighted by atomic mass is 16.5. The predicted octanol–water partition coefficient (Wildman–Crippen LogP) is 3.45. The summed E-state index contributed by atoms with van der Waals surface area (Å²) in [7, 11) is 0. The van der Waals surface area contributed by atoms with Gasteiger partial charge in [0.25, 0.3) is 0 Å². The van der Waals surface area contributed by atoms with E-state index in [2.05, 4.69) is 0 Å². The number of benzene rings is 2. The number of aliphatic carboxylic acids is 1. The summed E-state index contributed by atoms with van der Waals surface area (Å²) in [6, 6.07) is 18.8. The number of rotatable bonds is 5. The first-order valence-corrected chi connectivity index (χ1v) is 8.14. The molecule has 24 heavy (non-hydrogen) atoms. The maximum absolute atomic E-state index is 12.5. The van der Waals surface area contributed by atoms with E-state index in [1.807, 2.05) is 60.7 Å². The Kier molecular flexibility index (Phi) is 4.65. The Morgan fingerprint density at radius 1 is 0.875 bits per heavy atom. The summed E-state index contributed by atoms with van der Waals surface area (Å²) in [5, 5.41) is 9.77. The Hall–Kier alpha value is -2.62. The minimum atomic E-state index is -0.877. The van der Waals surface area contributed by atoms with E-state index in [0.717, 1.165) is 11.1 Å². The molecule has 2 atom stereocenters. The van der Waals surface area contributed by atoms with E-state index in [-0.39, 0.29) is 24.4 Å². The summed E-state index contributed by atoms with van der Waals surface area (Å²) in [5.74, 6) is -3.04. The van der Waals surface area contributed by atoms with Crippen LogP contribution in [0.4, 0.5) is 0 Å². The van der Waals surface area contributed by atoms with E-state index in [0.29, 0.717) is 0 Å². The number of hydrogen-bond acceptors (Lipinski definition) is 3. The zero-order valence-corrected chi connectivity index (χ0v) is 13.5. The minimum absolute atomic E-state index is 0.288. The molecule has 0 aliphatic heterocycles. The molecule has 0 amide bonds. The van der Waals surface area contributed by atoms with Crippen LogP contribution in [0, 0.1) is 11.8 Å². The molecule has 4 heteroatoms. The topological polar surface area (TPSA) is 63.6 Å². The first-order chi connectivity index (χ1) is 11.6. The second-order valence-corrected chi connectivity index (χ2v) is 6.01. The Morgan fingerprint density at radius 2 is 1.33 bits per heavy atom. The maximum Gasteiger partial charge on any atom is 0.310 e. The van der Waals surface area contributed by atoms with Gasteiger partial charge in [-0.15, -0.1) is 0 Å². The largest absolute Gasteiger partial charge is 0.481 e. The molecule has 0 heterocycles. The lowest BCUT2D eigenvalue weighted by Crippen LogP contribution is -2.51. The molecule has 0 saturated heterocycles. The Morgan fingerprint density at radius 3 is 1.71 bits per heavy atom. The van der Waals surface area contributed by atoms with E-state index < -0.39 is 17.8 Å². The summed E-state index contributed by atoms with van der Waals surface area (Å²) in [4.78, 5) is 24.5. The van der Waals surface area contributed by atoms with Crippen molar-refractivity contribution in [1.29, 1.82) is 0 Å². The highest BCUT2D eigenvalue weighted by Gasteiger charge is 2.58. The third kappa shape index (κ3) is 2.80. The van der Waals surface area contributed by atoms with Crippen LogP contribution in [0.25, 0.3) is 0 Å². The van der Waals surface area contributed by atoms with Crippen molar-refractivity contribution in [3.8, 4) is 0 Å². The molecule has 4 nitrogen and oxygen atoms in total. The van der Waals surface area contributed by atoms with Crippen molar-refractivity contribution in [2.45, 2.75) is 18.8 Å². The molecule has 2 aromatic rings. The number of hydrogen-bond donors (Lipinski definition) is 1. The number of carboxylic acid groups (broad SMARTS) is 1. The minimum Gasteiger partial charge on any atom is -0.481 e. The lowest BCUT2D eigenvalue weighted by atomic mass is 9.52. The molecule has 0 aromatic heterocycles. The zero-order chi connectivity index (χ0) is 17.1. The van der Waals surface area contributed by atoms with Gasteiger partial charge in [0.15, 0.2) is 0 Å². The quantitative estimate of drug-likeness (QED) is 0.856. The molecule has 0 radical (unpaired) electrons. The van der Waals surface area contributed by atoms with Crippen molar-refractivity contribution >= 4 is 11.9 Å². The number of carboxylic acids is 1. The molecule has 0 bridgehead atoms. The van der Waals surface area contributed by atoms with Crippen LogP contribution >= 0.6 is 0 Å². The standard InChI is InChI=1S/C20H20O4/c1-2-24-20(23)18-15(13-9-5-3-6-10-13)17(19(21)22)16(18)14-11-7-4-8-12-14/h3-12,15-18H,2H2,1H3,(H,21,22)/t15-,16-,17?,18?/m1/s1. The second-order valence-electron chi connectivity index (χ2n) is 6.01. The van der Waals surface area contributed by atoms with Gasteiger partial charge in [-0.25, -0.2) is 0 Å². The van der Waals surface area contributed by atoms with Crippen molar-refractivity contribution in [1.82, 2.24) is 0 Å². The van der Waals surface area contributed by atoms with Gasteiger partial charge in [-0.1, -0.05) is 60.7 Å². The van der Waals surface area contributed by atoms with E-state index in [1.165, 1.54) is 0 Å². The smallest absolute Gasteiger partial charge is 0.310 e. The third-order valence-electron chi connectivity index (χ3n) is 4.76.